The molecule has 0 bridgehead atoms. The van der Waals surface area contributed by atoms with E-state index < -0.39 is 10.0 Å². The van der Waals surface area contributed by atoms with Crippen LogP contribution >= 0.6 is 0 Å². The molecule has 4 N–H and O–H groups in total. The Labute approximate surface area is 118 Å². The van der Waals surface area contributed by atoms with Crippen molar-refractivity contribution in [3.63, 3.8) is 0 Å². The van der Waals surface area contributed by atoms with Crippen molar-refractivity contribution in [2.24, 2.45) is 5.84 Å². The van der Waals surface area contributed by atoms with Gasteiger partial charge >= 0.3 is 0 Å². The van der Waals surface area contributed by atoms with Gasteiger partial charge in [-0.05, 0) is 25.0 Å². The van der Waals surface area contributed by atoms with Crippen LogP contribution < -0.4 is 16.0 Å². The first kappa shape index (κ1) is 14.8. The zero-order chi connectivity index (χ0) is 14.8. The summed E-state index contributed by atoms with van der Waals surface area (Å²) in [6.07, 6.45) is 3.08. The molecule has 2 heterocycles. The highest BCUT2D eigenvalue weighted by atomic mass is 32.2. The summed E-state index contributed by atoms with van der Waals surface area (Å²) in [6.45, 7) is 3.88. The number of nitrogen functional groups attached to an aromatic ring is 1. The van der Waals surface area contributed by atoms with Gasteiger partial charge in [-0.15, -0.1) is 0 Å². The number of nitrogens with one attached hydrogen (secondary N) is 2. The molecule has 0 unspecified atom stereocenters. The van der Waals surface area contributed by atoms with E-state index in [2.05, 4.69) is 15.1 Å². The Morgan fingerprint density at radius 2 is 2.05 bits per heavy atom. The first-order valence-electron chi connectivity index (χ1n) is 6.49. The number of rotatable bonds is 6. The monoisotopic (exact) mass is 297 g/mol. The molecule has 8 heteroatoms. The highest BCUT2D eigenvalue weighted by molar-refractivity contribution is 7.89. The maximum atomic E-state index is 12.5. The minimum Gasteiger partial charge on any atom is -0.306 e. The average Bonchev–Trinajstić information content (AvgIpc) is 2.84. The minimum absolute atomic E-state index is 0.0301. The SMILES string of the molecule is CCC(CC)NS(=O)(=O)c1c(NN)nc2ccccn12. The molecule has 2 aromatic heterocycles. The smallest absolute Gasteiger partial charge is 0.260 e. The average molecular weight is 297 g/mol. The first-order valence-corrected chi connectivity index (χ1v) is 7.97. The van der Waals surface area contributed by atoms with Crippen LogP contribution in [0.2, 0.25) is 0 Å². The van der Waals surface area contributed by atoms with Gasteiger partial charge in [0.2, 0.25) is 0 Å². The summed E-state index contributed by atoms with van der Waals surface area (Å²) in [5, 5.41) is 0.0301. The van der Waals surface area contributed by atoms with Crippen molar-refractivity contribution < 1.29 is 8.42 Å². The van der Waals surface area contributed by atoms with Gasteiger partial charge in [0.15, 0.2) is 10.8 Å². The van der Waals surface area contributed by atoms with Crippen molar-refractivity contribution in [2.45, 2.75) is 37.8 Å². The Bertz CT molecular complexity index is 691. The van der Waals surface area contributed by atoms with E-state index in [0.717, 1.165) is 12.8 Å². The lowest BCUT2D eigenvalue weighted by Crippen LogP contribution is -2.35. The topological polar surface area (TPSA) is 102 Å². The quantitative estimate of drug-likeness (QED) is 0.547. The van der Waals surface area contributed by atoms with Crippen LogP contribution in [0.1, 0.15) is 26.7 Å². The van der Waals surface area contributed by atoms with Crippen LogP contribution in [0.15, 0.2) is 29.4 Å². The zero-order valence-electron chi connectivity index (χ0n) is 11.5. The van der Waals surface area contributed by atoms with Crippen LogP contribution in [0.25, 0.3) is 5.65 Å². The fourth-order valence-corrected chi connectivity index (χ4v) is 3.71. The molecule has 0 amide bonds. The fraction of sp³-hybridized carbons (Fsp3) is 0.417. The van der Waals surface area contributed by atoms with Crippen molar-refractivity contribution >= 4 is 21.5 Å². The fourth-order valence-electron chi connectivity index (χ4n) is 2.05. The number of hydrazine groups is 1. The molecule has 7 nitrogen and oxygen atoms in total. The molecule has 0 atom stereocenters. The molecule has 0 radical (unpaired) electrons. The molecule has 0 aliphatic rings. The Balaban J connectivity index is 2.55. The van der Waals surface area contributed by atoms with Gasteiger partial charge in [-0.3, -0.25) is 4.40 Å². The molecule has 0 fully saturated rings. The molecular weight excluding hydrogens is 278 g/mol. The summed E-state index contributed by atoms with van der Waals surface area (Å²) >= 11 is 0. The van der Waals surface area contributed by atoms with Gasteiger partial charge in [-0.2, -0.15) is 0 Å². The van der Waals surface area contributed by atoms with E-state index in [4.69, 9.17) is 5.84 Å². The summed E-state index contributed by atoms with van der Waals surface area (Å²) in [6, 6.07) is 5.13. The number of hydrogen-bond acceptors (Lipinski definition) is 5. The largest absolute Gasteiger partial charge is 0.306 e. The van der Waals surface area contributed by atoms with E-state index in [1.807, 2.05) is 13.8 Å². The molecule has 20 heavy (non-hydrogen) atoms. The van der Waals surface area contributed by atoms with E-state index in [1.54, 1.807) is 24.4 Å². The third kappa shape index (κ3) is 2.62. The van der Waals surface area contributed by atoms with Crippen LogP contribution in [0, 0.1) is 0 Å². The molecule has 0 aliphatic carbocycles. The van der Waals surface area contributed by atoms with Crippen LogP contribution in [0.4, 0.5) is 5.82 Å². The maximum Gasteiger partial charge on any atom is 0.260 e. The number of hydrogen-bond donors (Lipinski definition) is 3. The summed E-state index contributed by atoms with van der Waals surface area (Å²) in [7, 11) is -3.70. The second-order valence-corrected chi connectivity index (χ2v) is 6.10. The highest BCUT2D eigenvalue weighted by Gasteiger charge is 2.26. The Morgan fingerprint density at radius 3 is 2.65 bits per heavy atom. The van der Waals surface area contributed by atoms with Crippen molar-refractivity contribution in [2.75, 3.05) is 5.43 Å². The van der Waals surface area contributed by atoms with Gasteiger partial charge in [-0.1, -0.05) is 19.9 Å². The number of sulfonamides is 1. The third-order valence-electron chi connectivity index (χ3n) is 3.18. The van der Waals surface area contributed by atoms with Gasteiger partial charge < -0.3 is 5.43 Å². The minimum atomic E-state index is -3.70. The summed E-state index contributed by atoms with van der Waals surface area (Å²) < 4.78 is 29.3. The van der Waals surface area contributed by atoms with Crippen LogP contribution in [-0.4, -0.2) is 23.8 Å². The first-order chi connectivity index (χ1) is 9.53. The summed E-state index contributed by atoms with van der Waals surface area (Å²) in [4.78, 5) is 4.16. The molecule has 0 saturated heterocycles. The zero-order valence-corrected chi connectivity index (χ0v) is 12.3. The predicted octanol–water partition coefficient (Wildman–Crippen LogP) is 1.09. The molecule has 2 rings (SSSR count). The number of nitrogens with zero attached hydrogens (tertiary/aromatic N) is 2. The van der Waals surface area contributed by atoms with Gasteiger partial charge in [0.05, 0.1) is 0 Å². The molecule has 0 aromatic carbocycles. The van der Waals surface area contributed by atoms with Gasteiger partial charge in [0, 0.05) is 12.2 Å². The standard InChI is InChI=1S/C12H19N5O2S/c1-3-9(4-2)16-20(18,19)12-11(15-13)14-10-7-5-6-8-17(10)12/h5-9,15-16H,3-4,13H2,1-2H3. The second kappa shape index (κ2) is 5.78. The number of aromatic nitrogens is 2. The maximum absolute atomic E-state index is 12.5. The molecule has 110 valence electrons. The number of nitrogens with two attached hydrogens (primary N) is 1. The van der Waals surface area contributed by atoms with E-state index in [1.165, 1.54) is 4.40 Å². The predicted molar refractivity (Wildman–Crippen MR) is 77.7 cm³/mol. The lowest BCUT2D eigenvalue weighted by atomic mass is 10.2. The van der Waals surface area contributed by atoms with E-state index in [0.29, 0.717) is 5.65 Å². The Morgan fingerprint density at radius 1 is 1.35 bits per heavy atom. The molecule has 0 saturated carbocycles. The number of imidazole rings is 1. The molecule has 0 spiro atoms. The van der Waals surface area contributed by atoms with E-state index in [-0.39, 0.29) is 16.9 Å². The van der Waals surface area contributed by atoms with Crippen LogP contribution in [0.3, 0.4) is 0 Å². The second-order valence-electron chi connectivity index (χ2n) is 4.47. The third-order valence-corrected chi connectivity index (χ3v) is 4.73. The van der Waals surface area contributed by atoms with Crippen molar-refractivity contribution in [1.82, 2.24) is 14.1 Å². The van der Waals surface area contributed by atoms with Gasteiger partial charge in [-0.25, -0.2) is 24.0 Å². The molecule has 2 aromatic rings. The van der Waals surface area contributed by atoms with E-state index in [9.17, 15) is 8.42 Å². The van der Waals surface area contributed by atoms with Crippen molar-refractivity contribution in [3.05, 3.63) is 24.4 Å². The number of pyridine rings is 1. The van der Waals surface area contributed by atoms with Crippen molar-refractivity contribution in [3.8, 4) is 0 Å². The lowest BCUT2D eigenvalue weighted by Gasteiger charge is -2.15. The Hall–Kier alpha value is -1.64. The normalized spacial score (nSPS) is 12.2. The molecule has 0 aliphatic heterocycles. The van der Waals surface area contributed by atoms with Crippen LogP contribution in [-0.2, 0) is 10.0 Å². The summed E-state index contributed by atoms with van der Waals surface area (Å²) in [5.74, 6) is 5.52. The number of fused-ring (bicyclic) bond motifs is 1. The van der Waals surface area contributed by atoms with Crippen LogP contribution in [0.5, 0.6) is 0 Å². The van der Waals surface area contributed by atoms with Gasteiger partial charge in [0.25, 0.3) is 10.0 Å². The van der Waals surface area contributed by atoms with Gasteiger partial charge in [0.1, 0.15) is 5.65 Å². The number of anilines is 1. The molecular formula is C12H19N5O2S. The van der Waals surface area contributed by atoms with E-state index >= 15 is 0 Å². The lowest BCUT2D eigenvalue weighted by molar-refractivity contribution is 0.527. The Kier molecular flexibility index (Phi) is 4.26. The summed E-state index contributed by atoms with van der Waals surface area (Å²) in [5.41, 5.74) is 2.87. The highest BCUT2D eigenvalue weighted by Crippen LogP contribution is 2.22. The van der Waals surface area contributed by atoms with Crippen molar-refractivity contribution in [1.29, 1.82) is 0 Å².